The van der Waals surface area contributed by atoms with Crippen LogP contribution in [0.5, 0.6) is 0 Å². The third-order valence-electron chi connectivity index (χ3n) is 4.58. The fraction of sp³-hybridized carbons (Fsp3) is 0.909. The molecule has 0 radical (unpaired) electrons. The highest BCUT2D eigenvalue weighted by atomic mass is 14.1. The molecule has 0 N–H and O–H groups in total. The minimum Gasteiger partial charge on any atom is -0.103 e. The summed E-state index contributed by atoms with van der Waals surface area (Å²) < 4.78 is 0. The van der Waals surface area contributed by atoms with E-state index in [1.54, 1.807) is 0 Å². The zero-order valence-electron chi connectivity index (χ0n) is 15.9. The first-order valence-corrected chi connectivity index (χ1v) is 10.3. The molecule has 0 aliphatic rings. The summed E-state index contributed by atoms with van der Waals surface area (Å²) in [6.45, 7) is 6.99. The lowest BCUT2D eigenvalue weighted by Crippen LogP contribution is -1.95. The molecule has 0 heteroatoms. The standard InChI is InChI=1S/C22H42/c1-4-6-8-10-12-13-14-15-17-19-21-22(3)20-18-16-11-9-7-5-2/h22H,4-11,14-21H2,1-3H3/t22-/m1/s1. The minimum atomic E-state index is 0.936. The van der Waals surface area contributed by atoms with Crippen LogP contribution in [0.25, 0.3) is 0 Å². The Hall–Kier alpha value is -0.440. The summed E-state index contributed by atoms with van der Waals surface area (Å²) in [5, 5.41) is 0. The summed E-state index contributed by atoms with van der Waals surface area (Å²) in [4.78, 5) is 0. The van der Waals surface area contributed by atoms with Crippen LogP contribution >= 0.6 is 0 Å². The first-order valence-electron chi connectivity index (χ1n) is 10.3. The Morgan fingerprint density at radius 3 is 1.55 bits per heavy atom. The zero-order chi connectivity index (χ0) is 16.3. The number of unbranched alkanes of at least 4 members (excludes halogenated alkanes) is 11. The summed E-state index contributed by atoms with van der Waals surface area (Å²) >= 11 is 0. The molecule has 0 heterocycles. The van der Waals surface area contributed by atoms with Crippen molar-refractivity contribution in [1.29, 1.82) is 0 Å². The molecule has 0 unspecified atom stereocenters. The van der Waals surface area contributed by atoms with E-state index in [0.717, 1.165) is 18.8 Å². The van der Waals surface area contributed by atoms with Crippen molar-refractivity contribution in [2.45, 2.75) is 124 Å². The van der Waals surface area contributed by atoms with Gasteiger partial charge in [-0.2, -0.15) is 0 Å². The van der Waals surface area contributed by atoms with E-state index in [1.165, 1.54) is 89.9 Å². The van der Waals surface area contributed by atoms with Gasteiger partial charge in [0.2, 0.25) is 0 Å². The molecule has 0 aliphatic heterocycles. The molecule has 0 fully saturated rings. The predicted molar refractivity (Wildman–Crippen MR) is 102 cm³/mol. The average Bonchev–Trinajstić information content (AvgIpc) is 2.52. The molecule has 0 aliphatic carbocycles. The topological polar surface area (TPSA) is 0 Å². The van der Waals surface area contributed by atoms with Crippen molar-refractivity contribution in [1.82, 2.24) is 0 Å². The molecular formula is C22H42. The molecule has 0 amide bonds. The van der Waals surface area contributed by atoms with Crippen molar-refractivity contribution in [2.24, 2.45) is 5.92 Å². The van der Waals surface area contributed by atoms with Gasteiger partial charge in [0, 0.05) is 12.8 Å². The van der Waals surface area contributed by atoms with Crippen LogP contribution in [0.15, 0.2) is 0 Å². The molecule has 0 aromatic carbocycles. The van der Waals surface area contributed by atoms with Gasteiger partial charge in [0.15, 0.2) is 0 Å². The van der Waals surface area contributed by atoms with Gasteiger partial charge in [-0.25, -0.2) is 0 Å². The molecule has 0 aromatic heterocycles. The van der Waals surface area contributed by atoms with Crippen LogP contribution in [0.2, 0.25) is 0 Å². The fourth-order valence-corrected chi connectivity index (χ4v) is 2.94. The van der Waals surface area contributed by atoms with Gasteiger partial charge in [0.05, 0.1) is 0 Å². The lowest BCUT2D eigenvalue weighted by molar-refractivity contribution is 0.435. The van der Waals surface area contributed by atoms with Gasteiger partial charge in [0.1, 0.15) is 0 Å². The summed E-state index contributed by atoms with van der Waals surface area (Å²) in [5.74, 6) is 7.60. The van der Waals surface area contributed by atoms with E-state index in [1.807, 2.05) is 0 Å². The summed E-state index contributed by atoms with van der Waals surface area (Å²) in [7, 11) is 0. The summed E-state index contributed by atoms with van der Waals surface area (Å²) in [6.07, 6.45) is 21.8. The Labute approximate surface area is 141 Å². The highest BCUT2D eigenvalue weighted by Gasteiger charge is 2.01. The zero-order valence-corrected chi connectivity index (χ0v) is 15.9. The highest BCUT2D eigenvalue weighted by Crippen LogP contribution is 2.17. The monoisotopic (exact) mass is 306 g/mol. The lowest BCUT2D eigenvalue weighted by atomic mass is 9.96. The summed E-state index contributed by atoms with van der Waals surface area (Å²) in [6, 6.07) is 0. The van der Waals surface area contributed by atoms with Gasteiger partial charge in [-0.05, 0) is 18.8 Å². The van der Waals surface area contributed by atoms with Crippen molar-refractivity contribution in [2.75, 3.05) is 0 Å². The summed E-state index contributed by atoms with van der Waals surface area (Å²) in [5.41, 5.74) is 0. The number of hydrogen-bond donors (Lipinski definition) is 0. The van der Waals surface area contributed by atoms with Gasteiger partial charge in [-0.15, -0.1) is 11.8 Å². The Balaban J connectivity index is 3.22. The van der Waals surface area contributed by atoms with E-state index in [4.69, 9.17) is 0 Å². The molecule has 0 aromatic rings. The van der Waals surface area contributed by atoms with Gasteiger partial charge >= 0.3 is 0 Å². The van der Waals surface area contributed by atoms with E-state index < -0.39 is 0 Å². The molecule has 0 rings (SSSR count). The predicted octanol–water partition coefficient (Wildman–Crippen LogP) is 7.91. The van der Waals surface area contributed by atoms with Crippen LogP contribution in [-0.4, -0.2) is 0 Å². The first-order chi connectivity index (χ1) is 10.8. The number of hydrogen-bond acceptors (Lipinski definition) is 0. The Bertz CT molecular complexity index is 255. The Morgan fingerprint density at radius 2 is 0.955 bits per heavy atom. The largest absolute Gasteiger partial charge is 0.103 e. The van der Waals surface area contributed by atoms with E-state index in [2.05, 4.69) is 32.6 Å². The van der Waals surface area contributed by atoms with Crippen LogP contribution in [-0.2, 0) is 0 Å². The quantitative estimate of drug-likeness (QED) is 0.213. The maximum atomic E-state index is 3.34. The van der Waals surface area contributed by atoms with Gasteiger partial charge < -0.3 is 0 Å². The normalized spacial score (nSPS) is 12.0. The molecule has 0 spiro atoms. The van der Waals surface area contributed by atoms with Crippen LogP contribution in [0.1, 0.15) is 124 Å². The van der Waals surface area contributed by atoms with Crippen LogP contribution in [0.3, 0.4) is 0 Å². The van der Waals surface area contributed by atoms with Crippen LogP contribution < -0.4 is 0 Å². The molecular weight excluding hydrogens is 264 g/mol. The third kappa shape index (κ3) is 17.6. The molecule has 22 heavy (non-hydrogen) atoms. The average molecular weight is 307 g/mol. The van der Waals surface area contributed by atoms with E-state index in [0.29, 0.717) is 0 Å². The molecule has 0 saturated carbocycles. The van der Waals surface area contributed by atoms with Crippen molar-refractivity contribution >= 4 is 0 Å². The van der Waals surface area contributed by atoms with Crippen molar-refractivity contribution in [3.63, 3.8) is 0 Å². The van der Waals surface area contributed by atoms with Crippen molar-refractivity contribution in [3.05, 3.63) is 0 Å². The molecule has 130 valence electrons. The number of rotatable bonds is 15. The SMILES string of the molecule is CCCCCC#CCCCCC[C@H](C)CCCCCCCC. The van der Waals surface area contributed by atoms with Crippen LogP contribution in [0.4, 0.5) is 0 Å². The maximum absolute atomic E-state index is 3.34. The van der Waals surface area contributed by atoms with Crippen molar-refractivity contribution < 1.29 is 0 Å². The molecule has 0 bridgehead atoms. The van der Waals surface area contributed by atoms with Crippen LogP contribution in [0, 0.1) is 17.8 Å². The van der Waals surface area contributed by atoms with E-state index >= 15 is 0 Å². The van der Waals surface area contributed by atoms with Crippen molar-refractivity contribution in [3.8, 4) is 11.8 Å². The highest BCUT2D eigenvalue weighted by molar-refractivity contribution is 4.98. The molecule has 1 atom stereocenters. The van der Waals surface area contributed by atoms with Gasteiger partial charge in [-0.3, -0.25) is 0 Å². The van der Waals surface area contributed by atoms with Gasteiger partial charge in [-0.1, -0.05) is 97.8 Å². The third-order valence-corrected chi connectivity index (χ3v) is 4.58. The molecule has 0 nitrogen and oxygen atoms in total. The van der Waals surface area contributed by atoms with E-state index in [9.17, 15) is 0 Å². The van der Waals surface area contributed by atoms with Gasteiger partial charge in [0.25, 0.3) is 0 Å². The second-order valence-corrected chi connectivity index (χ2v) is 7.07. The Morgan fingerprint density at radius 1 is 0.545 bits per heavy atom. The fourth-order valence-electron chi connectivity index (χ4n) is 2.94. The minimum absolute atomic E-state index is 0.936. The maximum Gasteiger partial charge on any atom is 0.00886 e. The Kier molecular flexibility index (Phi) is 18.2. The second-order valence-electron chi connectivity index (χ2n) is 7.07. The molecule has 0 saturated heterocycles. The first kappa shape index (κ1) is 21.6. The smallest absolute Gasteiger partial charge is 0.00886 e. The second kappa shape index (κ2) is 18.6. The lowest BCUT2D eigenvalue weighted by Gasteiger charge is -2.10. The van der Waals surface area contributed by atoms with E-state index in [-0.39, 0.29) is 0 Å².